The van der Waals surface area contributed by atoms with Crippen molar-refractivity contribution in [2.24, 2.45) is 0 Å². The third-order valence-corrected chi connectivity index (χ3v) is 3.88. The van der Waals surface area contributed by atoms with E-state index in [2.05, 4.69) is 10.1 Å². The van der Waals surface area contributed by atoms with Crippen molar-refractivity contribution < 1.29 is 14.4 Å². The molecule has 6 heteroatoms. The summed E-state index contributed by atoms with van der Waals surface area (Å²) in [6, 6.07) is 5.25. The smallest absolute Gasteiger partial charge is 0.232 e. The molecule has 1 N–H and O–H groups in total. The van der Waals surface area contributed by atoms with Crippen molar-refractivity contribution in [3.8, 4) is 17.1 Å². The van der Waals surface area contributed by atoms with Crippen LogP contribution in [0.1, 0.15) is 31.1 Å². The number of benzene rings is 1. The van der Waals surface area contributed by atoms with Gasteiger partial charge in [-0.2, -0.15) is 4.98 Å². The Morgan fingerprint density at radius 3 is 2.95 bits per heavy atom. The minimum absolute atomic E-state index is 0.0606. The number of hydrogen-bond donors (Lipinski definition) is 1. The van der Waals surface area contributed by atoms with E-state index in [4.69, 9.17) is 20.9 Å². The van der Waals surface area contributed by atoms with Crippen LogP contribution >= 0.6 is 11.6 Å². The lowest BCUT2D eigenvalue weighted by Crippen LogP contribution is -2.11. The monoisotopic (exact) mass is 294 g/mol. The summed E-state index contributed by atoms with van der Waals surface area (Å²) in [6.07, 6.45) is 2.25. The summed E-state index contributed by atoms with van der Waals surface area (Å²) >= 11 is 5.93. The van der Waals surface area contributed by atoms with Gasteiger partial charge < -0.3 is 14.4 Å². The Balaban J connectivity index is 1.94. The molecule has 1 heterocycles. The Labute approximate surface area is 121 Å². The molecule has 1 fully saturated rings. The Kier molecular flexibility index (Phi) is 3.63. The molecule has 2 atom stereocenters. The molecule has 106 valence electrons. The highest BCUT2D eigenvalue weighted by Crippen LogP contribution is 2.36. The van der Waals surface area contributed by atoms with E-state index in [1.54, 1.807) is 25.3 Å². The number of ether oxygens (including phenoxy) is 1. The van der Waals surface area contributed by atoms with Gasteiger partial charge in [0.2, 0.25) is 11.7 Å². The molecule has 1 aromatic carbocycles. The summed E-state index contributed by atoms with van der Waals surface area (Å²) in [5.41, 5.74) is 0.722. The van der Waals surface area contributed by atoms with Gasteiger partial charge in [-0.15, -0.1) is 0 Å². The standard InChI is InChI=1S/C14H15ClN2O3/c1-19-12-7-8(15)5-6-10(12)13-16-14(20-17-13)9-3-2-4-11(9)18/h5-7,9,11,18H,2-4H2,1H3. The first-order valence-corrected chi connectivity index (χ1v) is 6.92. The molecule has 0 saturated heterocycles. The first-order chi connectivity index (χ1) is 9.69. The van der Waals surface area contributed by atoms with Crippen molar-refractivity contribution in [1.82, 2.24) is 10.1 Å². The van der Waals surface area contributed by atoms with Gasteiger partial charge in [0, 0.05) is 5.02 Å². The lowest BCUT2D eigenvalue weighted by Gasteiger charge is -2.08. The molecule has 1 aromatic heterocycles. The summed E-state index contributed by atoms with van der Waals surface area (Å²) in [5.74, 6) is 1.47. The molecule has 1 saturated carbocycles. The van der Waals surface area contributed by atoms with E-state index < -0.39 is 6.10 Å². The highest BCUT2D eigenvalue weighted by Gasteiger charge is 2.31. The van der Waals surface area contributed by atoms with Gasteiger partial charge >= 0.3 is 0 Å². The van der Waals surface area contributed by atoms with Crippen molar-refractivity contribution in [1.29, 1.82) is 0 Å². The number of methoxy groups -OCH3 is 1. The Bertz CT molecular complexity index is 614. The molecule has 0 radical (unpaired) electrons. The average molecular weight is 295 g/mol. The number of nitrogens with zero attached hydrogens (tertiary/aromatic N) is 2. The van der Waals surface area contributed by atoms with Crippen molar-refractivity contribution in [3.63, 3.8) is 0 Å². The summed E-state index contributed by atoms with van der Waals surface area (Å²) < 4.78 is 10.6. The Hall–Kier alpha value is -1.59. The minimum Gasteiger partial charge on any atom is -0.496 e. The van der Waals surface area contributed by atoms with Gasteiger partial charge in [0.25, 0.3) is 0 Å². The lowest BCUT2D eigenvalue weighted by atomic mass is 10.1. The quantitative estimate of drug-likeness (QED) is 0.942. The summed E-state index contributed by atoms with van der Waals surface area (Å²) in [7, 11) is 1.57. The second kappa shape index (κ2) is 5.42. The maximum atomic E-state index is 9.89. The third kappa shape index (κ3) is 2.39. The van der Waals surface area contributed by atoms with Crippen molar-refractivity contribution in [2.45, 2.75) is 31.3 Å². The second-order valence-corrected chi connectivity index (χ2v) is 5.34. The molecule has 3 rings (SSSR count). The summed E-state index contributed by atoms with van der Waals surface area (Å²) in [4.78, 5) is 4.39. The lowest BCUT2D eigenvalue weighted by molar-refractivity contribution is 0.148. The van der Waals surface area contributed by atoms with Crippen molar-refractivity contribution >= 4 is 11.6 Å². The van der Waals surface area contributed by atoms with Crippen LogP contribution in [0.2, 0.25) is 5.02 Å². The number of rotatable bonds is 3. The van der Waals surface area contributed by atoms with Crippen LogP contribution in [-0.4, -0.2) is 28.5 Å². The molecule has 2 unspecified atom stereocenters. The molecule has 0 aliphatic heterocycles. The molecular formula is C14H15ClN2O3. The first kappa shape index (κ1) is 13.4. The highest BCUT2D eigenvalue weighted by atomic mass is 35.5. The van der Waals surface area contributed by atoms with Crippen molar-refractivity contribution in [3.05, 3.63) is 29.1 Å². The van der Waals surface area contributed by atoms with Crippen LogP contribution in [-0.2, 0) is 0 Å². The Morgan fingerprint density at radius 2 is 2.25 bits per heavy atom. The average Bonchev–Trinajstić information content (AvgIpc) is 3.07. The van der Waals surface area contributed by atoms with Gasteiger partial charge in [-0.1, -0.05) is 16.8 Å². The maximum Gasteiger partial charge on any atom is 0.232 e. The molecule has 1 aliphatic carbocycles. The zero-order valence-electron chi connectivity index (χ0n) is 11.0. The fraction of sp³-hybridized carbons (Fsp3) is 0.429. The van der Waals surface area contributed by atoms with E-state index >= 15 is 0 Å². The largest absolute Gasteiger partial charge is 0.496 e. The molecule has 5 nitrogen and oxygen atoms in total. The van der Waals surface area contributed by atoms with Gasteiger partial charge in [0.15, 0.2) is 0 Å². The van der Waals surface area contributed by atoms with Gasteiger partial charge in [-0.3, -0.25) is 0 Å². The molecule has 0 bridgehead atoms. The first-order valence-electron chi connectivity index (χ1n) is 6.54. The maximum absolute atomic E-state index is 9.89. The van der Waals surface area contributed by atoms with Crippen LogP contribution in [0.3, 0.4) is 0 Å². The normalized spacial score (nSPS) is 22.1. The van der Waals surface area contributed by atoms with Crippen LogP contribution in [0, 0.1) is 0 Å². The molecule has 2 aromatic rings. The third-order valence-electron chi connectivity index (χ3n) is 3.64. The number of aliphatic hydroxyl groups is 1. The topological polar surface area (TPSA) is 68.4 Å². The van der Waals surface area contributed by atoms with Gasteiger partial charge in [-0.05, 0) is 37.5 Å². The van der Waals surface area contributed by atoms with E-state index in [0.29, 0.717) is 22.5 Å². The molecule has 20 heavy (non-hydrogen) atoms. The van der Waals surface area contributed by atoms with Gasteiger partial charge in [0.1, 0.15) is 5.75 Å². The SMILES string of the molecule is COc1cc(Cl)ccc1-c1noc(C2CCCC2O)n1. The van der Waals surface area contributed by atoms with Crippen LogP contribution in [0.4, 0.5) is 0 Å². The van der Waals surface area contributed by atoms with Crippen molar-refractivity contribution in [2.75, 3.05) is 7.11 Å². The van der Waals surface area contributed by atoms with E-state index in [9.17, 15) is 5.11 Å². The van der Waals surface area contributed by atoms with Crippen LogP contribution in [0.25, 0.3) is 11.4 Å². The molecule has 1 aliphatic rings. The minimum atomic E-state index is -0.393. The predicted molar refractivity (Wildman–Crippen MR) is 73.9 cm³/mol. The zero-order valence-corrected chi connectivity index (χ0v) is 11.8. The fourth-order valence-electron chi connectivity index (χ4n) is 2.57. The van der Waals surface area contributed by atoms with Crippen LogP contribution < -0.4 is 4.74 Å². The molecule has 0 spiro atoms. The number of aromatic nitrogens is 2. The summed E-state index contributed by atoms with van der Waals surface area (Å²) in [5, 5.41) is 14.5. The van der Waals surface area contributed by atoms with Gasteiger partial charge in [0.05, 0.1) is 24.7 Å². The molecule has 0 amide bonds. The predicted octanol–water partition coefficient (Wildman–Crippen LogP) is 3.03. The van der Waals surface area contributed by atoms with Crippen LogP contribution in [0.5, 0.6) is 5.75 Å². The molecular weight excluding hydrogens is 280 g/mol. The summed E-state index contributed by atoms with van der Waals surface area (Å²) in [6.45, 7) is 0. The van der Waals surface area contributed by atoms with E-state index in [1.165, 1.54) is 0 Å². The fourth-order valence-corrected chi connectivity index (χ4v) is 2.74. The van der Waals surface area contributed by atoms with Crippen LogP contribution in [0.15, 0.2) is 22.7 Å². The number of halogens is 1. The number of hydrogen-bond acceptors (Lipinski definition) is 5. The van der Waals surface area contributed by atoms with E-state index in [1.807, 2.05) is 0 Å². The second-order valence-electron chi connectivity index (χ2n) is 4.91. The van der Waals surface area contributed by atoms with Gasteiger partial charge in [-0.25, -0.2) is 0 Å². The highest BCUT2D eigenvalue weighted by molar-refractivity contribution is 6.30. The Morgan fingerprint density at radius 1 is 1.40 bits per heavy atom. The zero-order chi connectivity index (χ0) is 14.1. The van der Waals surface area contributed by atoms with E-state index in [0.717, 1.165) is 24.8 Å². The van der Waals surface area contributed by atoms with E-state index in [-0.39, 0.29) is 5.92 Å². The number of aliphatic hydroxyl groups excluding tert-OH is 1.